The normalized spacial score (nSPS) is 16.6. The summed E-state index contributed by atoms with van der Waals surface area (Å²) in [7, 11) is 4.12. The smallest absolute Gasteiger partial charge is 0.146 e. The SMILES string of the molecule is Cc1c(C)n(C2CCCCC2)c2ncn(CCN(C)C)c(=N)c12. The number of hydrogen-bond donors (Lipinski definition) is 1. The summed E-state index contributed by atoms with van der Waals surface area (Å²) in [4.78, 5) is 6.90. The topological polar surface area (TPSA) is 49.8 Å². The second-order valence-electron chi connectivity index (χ2n) is 7.16. The lowest BCUT2D eigenvalue weighted by molar-refractivity contribution is 0.355. The van der Waals surface area contributed by atoms with Crippen LogP contribution in [0.3, 0.4) is 0 Å². The van der Waals surface area contributed by atoms with Gasteiger partial charge in [-0.05, 0) is 46.3 Å². The van der Waals surface area contributed by atoms with Crippen LogP contribution in [0.15, 0.2) is 6.33 Å². The number of aryl methyl sites for hydroxylation is 1. The molecule has 2 aromatic heterocycles. The van der Waals surface area contributed by atoms with Gasteiger partial charge in [0.05, 0.1) is 11.7 Å². The number of hydrogen-bond acceptors (Lipinski definition) is 3. The van der Waals surface area contributed by atoms with Gasteiger partial charge in [-0.3, -0.25) is 5.41 Å². The molecule has 5 heteroatoms. The van der Waals surface area contributed by atoms with Crippen molar-refractivity contribution in [3.8, 4) is 0 Å². The number of rotatable bonds is 4. The van der Waals surface area contributed by atoms with Crippen molar-refractivity contribution in [3.05, 3.63) is 23.1 Å². The van der Waals surface area contributed by atoms with Gasteiger partial charge in [0.15, 0.2) is 0 Å². The third-order valence-corrected chi connectivity index (χ3v) is 5.30. The molecule has 0 radical (unpaired) electrons. The van der Waals surface area contributed by atoms with E-state index < -0.39 is 0 Å². The Morgan fingerprint density at radius 2 is 1.91 bits per heavy atom. The third kappa shape index (κ3) is 2.94. The summed E-state index contributed by atoms with van der Waals surface area (Å²) < 4.78 is 4.39. The minimum absolute atomic E-state index is 0.560. The Morgan fingerprint density at radius 1 is 1.22 bits per heavy atom. The van der Waals surface area contributed by atoms with Crippen molar-refractivity contribution in [1.82, 2.24) is 19.0 Å². The molecule has 0 bridgehead atoms. The molecule has 126 valence electrons. The first-order chi connectivity index (χ1) is 11.0. The Kier molecular flexibility index (Phi) is 4.57. The van der Waals surface area contributed by atoms with Crippen molar-refractivity contribution in [2.75, 3.05) is 20.6 Å². The van der Waals surface area contributed by atoms with Crippen molar-refractivity contribution in [2.24, 2.45) is 0 Å². The predicted molar refractivity (Wildman–Crippen MR) is 93.7 cm³/mol. The molecule has 0 aromatic carbocycles. The van der Waals surface area contributed by atoms with Gasteiger partial charge in [-0.1, -0.05) is 19.3 Å². The van der Waals surface area contributed by atoms with Gasteiger partial charge in [0, 0.05) is 24.8 Å². The maximum Gasteiger partial charge on any atom is 0.146 e. The van der Waals surface area contributed by atoms with Crippen LogP contribution >= 0.6 is 0 Å². The van der Waals surface area contributed by atoms with Gasteiger partial charge >= 0.3 is 0 Å². The largest absolute Gasteiger partial charge is 0.326 e. The molecule has 0 spiro atoms. The molecule has 1 fully saturated rings. The Balaban J connectivity index is 2.08. The van der Waals surface area contributed by atoms with Crippen LogP contribution in [0.25, 0.3) is 11.0 Å². The molecular weight excluding hydrogens is 286 g/mol. The van der Waals surface area contributed by atoms with E-state index in [9.17, 15) is 0 Å². The Labute approximate surface area is 138 Å². The Morgan fingerprint density at radius 3 is 2.57 bits per heavy atom. The number of fused-ring (bicyclic) bond motifs is 1. The van der Waals surface area contributed by atoms with Crippen molar-refractivity contribution in [1.29, 1.82) is 5.41 Å². The molecule has 3 rings (SSSR count). The molecule has 1 saturated carbocycles. The number of nitrogens with zero attached hydrogens (tertiary/aromatic N) is 4. The van der Waals surface area contributed by atoms with Gasteiger partial charge < -0.3 is 14.0 Å². The van der Waals surface area contributed by atoms with Gasteiger partial charge in [0.2, 0.25) is 0 Å². The van der Waals surface area contributed by atoms with Crippen LogP contribution in [-0.4, -0.2) is 39.7 Å². The van der Waals surface area contributed by atoms with Crippen molar-refractivity contribution >= 4 is 11.0 Å². The van der Waals surface area contributed by atoms with Crippen LogP contribution in [0, 0.1) is 19.3 Å². The van der Waals surface area contributed by atoms with Crippen LogP contribution in [0.4, 0.5) is 0 Å². The van der Waals surface area contributed by atoms with E-state index in [-0.39, 0.29) is 0 Å². The molecule has 1 aliphatic carbocycles. The average molecular weight is 315 g/mol. The van der Waals surface area contributed by atoms with Crippen molar-refractivity contribution < 1.29 is 0 Å². The predicted octanol–water partition coefficient (Wildman–Crippen LogP) is 3.00. The second kappa shape index (κ2) is 6.48. The zero-order valence-corrected chi connectivity index (χ0v) is 14.9. The molecule has 2 aromatic rings. The summed E-state index contributed by atoms with van der Waals surface area (Å²) in [6, 6.07) is 0.560. The Hall–Kier alpha value is -1.62. The highest BCUT2D eigenvalue weighted by Gasteiger charge is 2.22. The van der Waals surface area contributed by atoms with Crippen molar-refractivity contribution in [2.45, 2.75) is 58.5 Å². The lowest BCUT2D eigenvalue weighted by Crippen LogP contribution is -2.27. The molecule has 0 unspecified atom stereocenters. The highest BCUT2D eigenvalue weighted by molar-refractivity contribution is 5.80. The zero-order chi connectivity index (χ0) is 16.6. The van der Waals surface area contributed by atoms with E-state index in [1.54, 1.807) is 0 Å². The minimum Gasteiger partial charge on any atom is -0.326 e. The molecular formula is C18H29N5. The molecule has 1 aliphatic rings. The first-order valence-corrected chi connectivity index (χ1v) is 8.76. The summed E-state index contributed by atoms with van der Waals surface area (Å²) in [5.74, 6) is 0. The van der Waals surface area contributed by atoms with Crippen molar-refractivity contribution in [3.63, 3.8) is 0 Å². The summed E-state index contributed by atoms with van der Waals surface area (Å²) in [6.07, 6.45) is 8.32. The van der Waals surface area contributed by atoms with Gasteiger partial charge in [-0.2, -0.15) is 0 Å². The first kappa shape index (κ1) is 16.2. The monoisotopic (exact) mass is 315 g/mol. The zero-order valence-electron chi connectivity index (χ0n) is 14.9. The lowest BCUT2D eigenvalue weighted by atomic mass is 9.95. The fourth-order valence-corrected chi connectivity index (χ4v) is 3.81. The molecule has 23 heavy (non-hydrogen) atoms. The average Bonchev–Trinajstić information content (AvgIpc) is 2.79. The van der Waals surface area contributed by atoms with Crippen LogP contribution in [-0.2, 0) is 6.54 Å². The summed E-state index contributed by atoms with van der Waals surface area (Å²) in [5, 5.41) is 9.68. The number of aromatic nitrogens is 3. The van der Waals surface area contributed by atoms with E-state index in [1.807, 2.05) is 10.9 Å². The standard InChI is InChI=1S/C18H29N5/c1-13-14(2)23(15-8-6-5-7-9-15)18-16(13)17(19)22(12-20-18)11-10-21(3)4/h12,15,19H,5-11H2,1-4H3. The summed E-state index contributed by atoms with van der Waals surface area (Å²) in [5.41, 5.74) is 4.13. The Bertz CT molecular complexity index is 747. The molecule has 1 N–H and O–H groups in total. The highest BCUT2D eigenvalue weighted by atomic mass is 15.1. The lowest BCUT2D eigenvalue weighted by Gasteiger charge is -2.25. The summed E-state index contributed by atoms with van der Waals surface area (Å²) >= 11 is 0. The van der Waals surface area contributed by atoms with Crippen LogP contribution in [0.5, 0.6) is 0 Å². The maximum atomic E-state index is 8.64. The van der Waals surface area contributed by atoms with E-state index in [0.29, 0.717) is 11.5 Å². The van der Waals surface area contributed by atoms with Gasteiger partial charge in [0.1, 0.15) is 11.1 Å². The maximum absolute atomic E-state index is 8.64. The van der Waals surface area contributed by atoms with Gasteiger partial charge in [-0.25, -0.2) is 4.98 Å². The fourth-order valence-electron chi connectivity index (χ4n) is 3.81. The number of likely N-dealkylation sites (N-methyl/N-ethyl adjacent to an activating group) is 1. The summed E-state index contributed by atoms with van der Waals surface area (Å²) in [6.45, 7) is 6.06. The van der Waals surface area contributed by atoms with E-state index in [0.717, 1.165) is 24.1 Å². The van der Waals surface area contributed by atoms with Crippen LogP contribution in [0.1, 0.15) is 49.4 Å². The van der Waals surface area contributed by atoms with E-state index in [1.165, 1.54) is 43.4 Å². The fraction of sp³-hybridized carbons (Fsp3) is 0.667. The quantitative estimate of drug-likeness (QED) is 0.943. The van der Waals surface area contributed by atoms with E-state index >= 15 is 0 Å². The third-order valence-electron chi connectivity index (χ3n) is 5.30. The molecule has 5 nitrogen and oxygen atoms in total. The van der Waals surface area contributed by atoms with E-state index in [4.69, 9.17) is 10.4 Å². The molecule has 0 saturated heterocycles. The van der Waals surface area contributed by atoms with Gasteiger partial charge in [-0.15, -0.1) is 0 Å². The molecule has 0 aliphatic heterocycles. The molecule has 2 heterocycles. The highest BCUT2D eigenvalue weighted by Crippen LogP contribution is 2.33. The minimum atomic E-state index is 0.560. The first-order valence-electron chi connectivity index (χ1n) is 8.76. The van der Waals surface area contributed by atoms with Crippen LogP contribution < -0.4 is 5.49 Å². The molecule has 0 atom stereocenters. The second-order valence-corrected chi connectivity index (χ2v) is 7.16. The number of nitrogens with one attached hydrogen (secondary N) is 1. The van der Waals surface area contributed by atoms with Crippen LogP contribution in [0.2, 0.25) is 0 Å². The van der Waals surface area contributed by atoms with E-state index in [2.05, 4.69) is 37.4 Å². The molecule has 0 amide bonds. The van der Waals surface area contributed by atoms with Gasteiger partial charge in [0.25, 0.3) is 0 Å².